The summed E-state index contributed by atoms with van der Waals surface area (Å²) in [5.41, 5.74) is 0. The maximum Gasteiger partial charge on any atom is 0.306 e. The number of allylic oxidation sites excluding steroid dienone is 22. The van der Waals surface area contributed by atoms with E-state index in [0.29, 0.717) is 12.8 Å². The van der Waals surface area contributed by atoms with E-state index in [1.807, 2.05) is 0 Å². The zero-order chi connectivity index (χ0) is 59.1. The third-order valence-corrected chi connectivity index (χ3v) is 14.9. The van der Waals surface area contributed by atoms with Crippen LogP contribution in [0.1, 0.15) is 322 Å². The van der Waals surface area contributed by atoms with Gasteiger partial charge in [-0.05, 0) is 109 Å². The second-order valence-corrected chi connectivity index (χ2v) is 22.8. The highest BCUT2D eigenvalue weighted by Crippen LogP contribution is 2.17. The number of esters is 2. The zero-order valence-corrected chi connectivity index (χ0v) is 53.7. The minimum Gasteiger partial charge on any atom is -0.462 e. The zero-order valence-electron chi connectivity index (χ0n) is 53.7. The first kappa shape index (κ1) is 78.0. The van der Waals surface area contributed by atoms with Gasteiger partial charge in [0.05, 0.1) is 6.61 Å². The van der Waals surface area contributed by atoms with Gasteiger partial charge in [0.1, 0.15) is 6.61 Å². The molecule has 0 saturated heterocycles. The number of aliphatic hydroxyl groups is 1. The van der Waals surface area contributed by atoms with Crippen molar-refractivity contribution in [2.75, 3.05) is 13.2 Å². The average molecular weight is 1140 g/mol. The molecule has 468 valence electrons. The molecule has 0 heterocycles. The van der Waals surface area contributed by atoms with E-state index in [2.05, 4.69) is 148 Å². The van der Waals surface area contributed by atoms with Crippen molar-refractivity contribution in [2.24, 2.45) is 0 Å². The van der Waals surface area contributed by atoms with Crippen LogP contribution in [0.15, 0.2) is 134 Å². The number of ether oxygens (including phenoxy) is 2. The van der Waals surface area contributed by atoms with Crippen LogP contribution in [-0.4, -0.2) is 36.4 Å². The van der Waals surface area contributed by atoms with Gasteiger partial charge in [0.25, 0.3) is 0 Å². The van der Waals surface area contributed by atoms with Crippen LogP contribution >= 0.6 is 0 Å². The Kier molecular flexibility index (Phi) is 67.9. The van der Waals surface area contributed by atoms with E-state index in [9.17, 15) is 14.7 Å². The van der Waals surface area contributed by atoms with E-state index >= 15 is 0 Å². The maximum absolute atomic E-state index is 12.4. The minimum atomic E-state index is -0.779. The van der Waals surface area contributed by atoms with Crippen molar-refractivity contribution < 1.29 is 24.2 Å². The molecule has 0 rings (SSSR count). The Bertz CT molecular complexity index is 1670. The number of hydrogen-bond donors (Lipinski definition) is 1. The molecule has 0 aliphatic carbocycles. The Morgan fingerprint density at radius 3 is 0.732 bits per heavy atom. The Labute approximate surface area is 508 Å². The minimum absolute atomic E-state index is 0.0681. The molecule has 5 nitrogen and oxygen atoms in total. The van der Waals surface area contributed by atoms with Crippen LogP contribution in [0.25, 0.3) is 0 Å². The molecule has 0 aromatic rings. The first-order valence-corrected chi connectivity index (χ1v) is 34.7. The summed E-state index contributed by atoms with van der Waals surface area (Å²) >= 11 is 0. The lowest BCUT2D eigenvalue weighted by molar-refractivity contribution is -0.161. The third kappa shape index (κ3) is 68.5. The molecule has 1 unspecified atom stereocenters. The van der Waals surface area contributed by atoms with E-state index < -0.39 is 6.10 Å². The number of carbonyl (C=O) groups excluding carboxylic acids is 2. The molecule has 0 radical (unpaired) electrons. The molecule has 0 aliphatic rings. The Morgan fingerprint density at radius 2 is 0.488 bits per heavy atom. The maximum atomic E-state index is 12.4. The van der Waals surface area contributed by atoms with Crippen LogP contribution in [-0.2, 0) is 19.1 Å². The van der Waals surface area contributed by atoms with Crippen LogP contribution < -0.4 is 0 Å². The van der Waals surface area contributed by atoms with Crippen molar-refractivity contribution in [2.45, 2.75) is 328 Å². The van der Waals surface area contributed by atoms with Gasteiger partial charge in [-0.1, -0.05) is 334 Å². The number of unbranched alkanes of at least 4 members (excludes halogenated alkanes) is 33. The average Bonchev–Trinajstić information content (AvgIpc) is 3.49. The summed E-state index contributed by atoms with van der Waals surface area (Å²) in [6.07, 6.45) is 106. The van der Waals surface area contributed by atoms with Crippen LogP contribution in [0.4, 0.5) is 0 Å². The Hall–Kier alpha value is -3.96. The second-order valence-electron chi connectivity index (χ2n) is 22.8. The summed E-state index contributed by atoms with van der Waals surface area (Å²) in [6.45, 7) is 3.94. The summed E-state index contributed by atoms with van der Waals surface area (Å²) in [5.74, 6) is -0.583. The van der Waals surface area contributed by atoms with Crippen LogP contribution in [0.3, 0.4) is 0 Å². The summed E-state index contributed by atoms with van der Waals surface area (Å²) in [5, 5.41) is 9.70. The number of aliphatic hydroxyl groups excluding tert-OH is 1. The van der Waals surface area contributed by atoms with E-state index in [4.69, 9.17) is 9.47 Å². The monoisotopic (exact) mass is 1130 g/mol. The van der Waals surface area contributed by atoms with E-state index in [1.54, 1.807) is 0 Å². The van der Waals surface area contributed by atoms with Crippen molar-refractivity contribution in [3.63, 3.8) is 0 Å². The molecule has 0 aliphatic heterocycles. The molecule has 0 fully saturated rings. The van der Waals surface area contributed by atoms with Gasteiger partial charge in [-0.15, -0.1) is 0 Å². The fourth-order valence-electron chi connectivity index (χ4n) is 9.82. The molecule has 0 spiro atoms. The Balaban J connectivity index is 3.46. The molecule has 0 aromatic heterocycles. The standard InChI is InChI=1S/C77H130O5/c1-3-5-7-9-11-13-15-17-19-21-23-25-27-29-31-32-33-34-35-36-37-38-39-40-41-42-43-44-46-48-50-52-54-56-58-60-62-64-66-68-70-72-77(80)82-75(73-78)74-81-76(79)71-69-67-65-63-61-59-57-55-53-51-49-47-45-30-28-26-24-22-20-18-16-14-12-10-8-6-4-2/h5-8,11-14,17-20,23-26,29,31,33-34,36-37,75,78H,3-4,9-10,15-16,21-22,27-28,30,32,35,38-74H2,1-2H3/b7-5-,8-6-,13-11-,14-12-,19-17-,20-18-,25-23-,26-24-,31-29-,34-33-,37-36-. The van der Waals surface area contributed by atoms with E-state index in [1.165, 1.54) is 186 Å². The number of rotatable bonds is 63. The lowest BCUT2D eigenvalue weighted by Crippen LogP contribution is -2.28. The van der Waals surface area contributed by atoms with Crippen LogP contribution in [0.2, 0.25) is 0 Å². The van der Waals surface area contributed by atoms with E-state index in [0.717, 1.165) is 109 Å². The highest BCUT2D eigenvalue weighted by molar-refractivity contribution is 5.70. The van der Waals surface area contributed by atoms with Crippen molar-refractivity contribution in [3.8, 4) is 0 Å². The highest BCUT2D eigenvalue weighted by Gasteiger charge is 2.16. The first-order chi connectivity index (χ1) is 40.6. The lowest BCUT2D eigenvalue weighted by atomic mass is 10.0. The summed E-state index contributed by atoms with van der Waals surface area (Å²) in [4.78, 5) is 24.7. The van der Waals surface area contributed by atoms with Gasteiger partial charge >= 0.3 is 11.9 Å². The summed E-state index contributed by atoms with van der Waals surface area (Å²) in [7, 11) is 0. The van der Waals surface area contributed by atoms with Crippen molar-refractivity contribution in [1.82, 2.24) is 0 Å². The summed E-state index contributed by atoms with van der Waals surface area (Å²) in [6, 6.07) is 0. The van der Waals surface area contributed by atoms with Crippen molar-refractivity contribution in [1.29, 1.82) is 0 Å². The Morgan fingerprint density at radius 1 is 0.280 bits per heavy atom. The van der Waals surface area contributed by atoms with Crippen LogP contribution in [0.5, 0.6) is 0 Å². The molecular formula is C77H130O5. The molecule has 5 heteroatoms. The quantitative estimate of drug-likeness (QED) is 0.0373. The predicted molar refractivity (Wildman–Crippen MR) is 361 cm³/mol. The number of carbonyl (C=O) groups is 2. The van der Waals surface area contributed by atoms with Crippen LogP contribution in [0, 0.1) is 0 Å². The molecular weight excluding hydrogens is 1000 g/mol. The second kappa shape index (κ2) is 71.3. The predicted octanol–water partition coefficient (Wildman–Crippen LogP) is 24.3. The molecule has 0 aromatic carbocycles. The number of hydrogen-bond acceptors (Lipinski definition) is 5. The molecule has 1 atom stereocenters. The normalized spacial score (nSPS) is 13.1. The van der Waals surface area contributed by atoms with Gasteiger partial charge in [0.2, 0.25) is 0 Å². The van der Waals surface area contributed by atoms with Gasteiger partial charge in [-0.25, -0.2) is 0 Å². The third-order valence-electron chi connectivity index (χ3n) is 14.9. The molecule has 0 saturated carbocycles. The van der Waals surface area contributed by atoms with Gasteiger partial charge in [0, 0.05) is 12.8 Å². The highest BCUT2D eigenvalue weighted by atomic mass is 16.6. The molecule has 82 heavy (non-hydrogen) atoms. The molecule has 0 bridgehead atoms. The fourth-order valence-corrected chi connectivity index (χ4v) is 9.82. The smallest absolute Gasteiger partial charge is 0.306 e. The van der Waals surface area contributed by atoms with Gasteiger partial charge in [-0.3, -0.25) is 9.59 Å². The SMILES string of the molecule is CC/C=C\C/C=C\C/C=C\C/C=C\C/C=C\C/C=C\C/C=C\CCCCCCCCCCCCCCCCCCCCCC(=O)OC(CO)COC(=O)CCCCCCCCCCCCCCCC/C=C\C/C=C\C/C=C\C/C=C\CC. The van der Waals surface area contributed by atoms with Gasteiger partial charge in [-0.2, -0.15) is 0 Å². The fraction of sp³-hybridized carbons (Fsp3) is 0.688. The van der Waals surface area contributed by atoms with Gasteiger partial charge in [0.15, 0.2) is 6.10 Å². The van der Waals surface area contributed by atoms with E-state index in [-0.39, 0.29) is 25.2 Å². The lowest BCUT2D eigenvalue weighted by Gasteiger charge is -2.15. The summed E-state index contributed by atoms with van der Waals surface area (Å²) < 4.78 is 10.8. The first-order valence-electron chi connectivity index (χ1n) is 34.7. The van der Waals surface area contributed by atoms with Crippen molar-refractivity contribution in [3.05, 3.63) is 134 Å². The molecule has 1 N–H and O–H groups in total. The topological polar surface area (TPSA) is 72.8 Å². The van der Waals surface area contributed by atoms with Gasteiger partial charge < -0.3 is 14.6 Å². The van der Waals surface area contributed by atoms with Crippen molar-refractivity contribution >= 4 is 11.9 Å². The molecule has 0 amide bonds. The largest absolute Gasteiger partial charge is 0.462 e.